The van der Waals surface area contributed by atoms with Crippen LogP contribution in [0, 0.1) is 13.8 Å². The Morgan fingerprint density at radius 3 is 2.60 bits per heavy atom. The Kier molecular flexibility index (Phi) is 5.20. The second kappa shape index (κ2) is 6.19. The van der Waals surface area contributed by atoms with E-state index in [1.165, 1.54) is 16.7 Å². The highest BCUT2D eigenvalue weighted by Crippen LogP contribution is 2.21. The van der Waals surface area contributed by atoms with E-state index in [0.717, 1.165) is 12.3 Å². The number of hydrogen-bond donors (Lipinski definition) is 1. The molecule has 1 N–H and O–H groups in total. The van der Waals surface area contributed by atoms with Gasteiger partial charge in [-0.05, 0) is 37.8 Å². The fourth-order valence-corrected chi connectivity index (χ4v) is 2.52. The van der Waals surface area contributed by atoms with Gasteiger partial charge in [0.2, 0.25) is 0 Å². The van der Waals surface area contributed by atoms with Gasteiger partial charge in [0.25, 0.3) is 0 Å². The molecule has 1 atom stereocenters. The van der Waals surface area contributed by atoms with E-state index in [4.69, 9.17) is 0 Å². The Morgan fingerprint density at radius 2 is 2.07 bits per heavy atom. The molecule has 0 aliphatic rings. The van der Waals surface area contributed by atoms with Crippen LogP contribution in [0.4, 0.5) is 0 Å². The Balaban J connectivity index is 2.89. The quantitative estimate of drug-likeness (QED) is 0.822. The molecular formula is C13H21NS. The summed E-state index contributed by atoms with van der Waals surface area (Å²) in [5.74, 6) is 1.14. The Morgan fingerprint density at radius 1 is 1.33 bits per heavy atom. The summed E-state index contributed by atoms with van der Waals surface area (Å²) in [4.78, 5) is 0. The average molecular weight is 223 g/mol. The van der Waals surface area contributed by atoms with Gasteiger partial charge in [0, 0.05) is 11.8 Å². The van der Waals surface area contributed by atoms with E-state index in [1.807, 2.05) is 11.8 Å². The predicted octanol–water partition coefficient (Wildman–Crippen LogP) is 3.32. The van der Waals surface area contributed by atoms with Crippen LogP contribution in [0.15, 0.2) is 18.2 Å². The molecule has 0 aromatic heterocycles. The third-order valence-electron chi connectivity index (χ3n) is 2.58. The van der Waals surface area contributed by atoms with Crippen LogP contribution in [-0.4, -0.2) is 18.6 Å². The van der Waals surface area contributed by atoms with Gasteiger partial charge < -0.3 is 5.32 Å². The number of rotatable bonds is 5. The lowest BCUT2D eigenvalue weighted by atomic mass is 10.0. The number of hydrogen-bond acceptors (Lipinski definition) is 2. The zero-order valence-electron chi connectivity index (χ0n) is 10.1. The molecule has 84 valence electrons. The largest absolute Gasteiger partial charge is 0.310 e. The van der Waals surface area contributed by atoms with Gasteiger partial charge in [-0.3, -0.25) is 0 Å². The second-order valence-electron chi connectivity index (χ2n) is 3.93. The van der Waals surface area contributed by atoms with Gasteiger partial charge in [0.15, 0.2) is 0 Å². The van der Waals surface area contributed by atoms with Crippen LogP contribution in [0.2, 0.25) is 0 Å². The molecule has 1 aromatic rings. The normalized spacial score (nSPS) is 12.8. The first-order chi connectivity index (χ1) is 7.19. The van der Waals surface area contributed by atoms with Gasteiger partial charge in [-0.1, -0.05) is 30.7 Å². The molecule has 1 aromatic carbocycles. The Bertz CT molecular complexity index is 303. The first kappa shape index (κ1) is 12.6. The Hall–Kier alpha value is -0.470. The molecule has 0 aliphatic heterocycles. The molecule has 0 fully saturated rings. The van der Waals surface area contributed by atoms with Crippen molar-refractivity contribution in [3.63, 3.8) is 0 Å². The van der Waals surface area contributed by atoms with Crippen LogP contribution < -0.4 is 5.32 Å². The molecule has 1 nitrogen and oxygen atoms in total. The van der Waals surface area contributed by atoms with E-state index in [0.29, 0.717) is 6.04 Å². The summed E-state index contributed by atoms with van der Waals surface area (Å²) in [6, 6.07) is 7.21. The minimum absolute atomic E-state index is 0.491. The minimum atomic E-state index is 0.491. The number of nitrogens with one attached hydrogen (secondary N) is 1. The van der Waals surface area contributed by atoms with Crippen molar-refractivity contribution in [2.75, 3.05) is 18.6 Å². The summed E-state index contributed by atoms with van der Waals surface area (Å²) in [6.45, 7) is 7.54. The van der Waals surface area contributed by atoms with Crippen LogP contribution >= 0.6 is 11.8 Å². The van der Waals surface area contributed by atoms with Crippen molar-refractivity contribution in [2.45, 2.75) is 26.8 Å². The lowest BCUT2D eigenvalue weighted by Gasteiger charge is -2.19. The van der Waals surface area contributed by atoms with Crippen LogP contribution in [0.1, 0.15) is 29.7 Å². The summed E-state index contributed by atoms with van der Waals surface area (Å²) in [5.41, 5.74) is 4.18. The van der Waals surface area contributed by atoms with Gasteiger partial charge in [-0.25, -0.2) is 0 Å². The topological polar surface area (TPSA) is 12.0 Å². The zero-order valence-corrected chi connectivity index (χ0v) is 10.9. The van der Waals surface area contributed by atoms with Crippen molar-refractivity contribution < 1.29 is 0 Å². The van der Waals surface area contributed by atoms with Crippen molar-refractivity contribution in [1.29, 1.82) is 0 Å². The van der Waals surface area contributed by atoms with Crippen molar-refractivity contribution in [2.24, 2.45) is 0 Å². The van der Waals surface area contributed by atoms with Crippen molar-refractivity contribution in [1.82, 2.24) is 5.32 Å². The second-order valence-corrected chi connectivity index (χ2v) is 4.84. The Labute approximate surface area is 97.7 Å². The van der Waals surface area contributed by atoms with Crippen LogP contribution in [0.25, 0.3) is 0 Å². The number of benzene rings is 1. The van der Waals surface area contributed by atoms with Gasteiger partial charge in [0.1, 0.15) is 0 Å². The lowest BCUT2D eigenvalue weighted by molar-refractivity contribution is 0.603. The van der Waals surface area contributed by atoms with E-state index in [-0.39, 0.29) is 0 Å². The van der Waals surface area contributed by atoms with E-state index in [9.17, 15) is 0 Å². The standard InChI is InChI=1S/C13H21NS/c1-5-14-13(9-15-4)12-7-6-10(2)8-11(12)3/h6-8,13-14H,5,9H2,1-4H3. The summed E-state index contributed by atoms with van der Waals surface area (Å²) < 4.78 is 0. The molecule has 0 saturated heterocycles. The van der Waals surface area contributed by atoms with Gasteiger partial charge in [-0.15, -0.1) is 0 Å². The van der Waals surface area contributed by atoms with E-state index >= 15 is 0 Å². The minimum Gasteiger partial charge on any atom is -0.310 e. The molecule has 0 radical (unpaired) electrons. The summed E-state index contributed by atoms with van der Waals surface area (Å²) in [6.07, 6.45) is 2.16. The first-order valence-electron chi connectivity index (χ1n) is 5.48. The molecule has 15 heavy (non-hydrogen) atoms. The average Bonchev–Trinajstić information content (AvgIpc) is 2.17. The SMILES string of the molecule is CCNC(CSC)c1ccc(C)cc1C. The maximum atomic E-state index is 3.54. The zero-order chi connectivity index (χ0) is 11.3. The van der Waals surface area contributed by atoms with E-state index < -0.39 is 0 Å². The van der Waals surface area contributed by atoms with Crippen molar-refractivity contribution in [3.05, 3.63) is 34.9 Å². The lowest BCUT2D eigenvalue weighted by Crippen LogP contribution is -2.23. The molecule has 0 heterocycles. The summed E-state index contributed by atoms with van der Waals surface area (Å²) in [7, 11) is 0. The maximum Gasteiger partial charge on any atom is 0.0414 e. The third kappa shape index (κ3) is 3.54. The maximum absolute atomic E-state index is 3.54. The summed E-state index contributed by atoms with van der Waals surface area (Å²) >= 11 is 1.89. The first-order valence-corrected chi connectivity index (χ1v) is 6.88. The van der Waals surface area contributed by atoms with Crippen molar-refractivity contribution >= 4 is 11.8 Å². The van der Waals surface area contributed by atoms with E-state index in [1.54, 1.807) is 0 Å². The summed E-state index contributed by atoms with van der Waals surface area (Å²) in [5, 5.41) is 3.54. The molecule has 1 unspecified atom stereocenters. The molecule has 0 amide bonds. The highest BCUT2D eigenvalue weighted by molar-refractivity contribution is 7.98. The predicted molar refractivity (Wildman–Crippen MR) is 70.7 cm³/mol. The molecule has 0 aliphatic carbocycles. The highest BCUT2D eigenvalue weighted by atomic mass is 32.2. The highest BCUT2D eigenvalue weighted by Gasteiger charge is 2.11. The smallest absolute Gasteiger partial charge is 0.0414 e. The van der Waals surface area contributed by atoms with Gasteiger partial charge >= 0.3 is 0 Å². The molecule has 1 rings (SSSR count). The van der Waals surface area contributed by atoms with Gasteiger partial charge in [0.05, 0.1) is 0 Å². The van der Waals surface area contributed by atoms with Crippen LogP contribution in [0.5, 0.6) is 0 Å². The molecule has 0 bridgehead atoms. The fourth-order valence-electron chi connectivity index (χ4n) is 1.89. The van der Waals surface area contributed by atoms with E-state index in [2.05, 4.69) is 50.5 Å². The monoisotopic (exact) mass is 223 g/mol. The molecule has 0 saturated carbocycles. The van der Waals surface area contributed by atoms with Crippen LogP contribution in [0.3, 0.4) is 0 Å². The molecule has 0 spiro atoms. The van der Waals surface area contributed by atoms with Crippen molar-refractivity contribution in [3.8, 4) is 0 Å². The molecule has 2 heteroatoms. The van der Waals surface area contributed by atoms with Crippen LogP contribution in [-0.2, 0) is 0 Å². The number of aryl methyl sites for hydroxylation is 2. The fraction of sp³-hybridized carbons (Fsp3) is 0.538. The number of thioether (sulfide) groups is 1. The molecular weight excluding hydrogens is 202 g/mol. The van der Waals surface area contributed by atoms with Gasteiger partial charge in [-0.2, -0.15) is 11.8 Å². The third-order valence-corrected chi connectivity index (χ3v) is 3.25.